The molecule has 2 heterocycles. The molecule has 0 aliphatic rings. The van der Waals surface area contributed by atoms with Crippen LogP contribution in [-0.4, -0.2) is 38.0 Å². The average Bonchev–Trinajstić information content (AvgIpc) is 3.38. The van der Waals surface area contributed by atoms with E-state index in [-0.39, 0.29) is 11.9 Å². The molecule has 4 rings (SSSR count). The Morgan fingerprint density at radius 1 is 1.21 bits per heavy atom. The van der Waals surface area contributed by atoms with E-state index in [9.17, 15) is 4.79 Å². The molecular formula is C20H17ClN6O2. The van der Waals surface area contributed by atoms with Crippen LogP contribution in [-0.2, 0) is 6.54 Å². The van der Waals surface area contributed by atoms with Crippen LogP contribution in [0.15, 0.2) is 60.9 Å². The Morgan fingerprint density at radius 2 is 2.03 bits per heavy atom. The van der Waals surface area contributed by atoms with Crippen molar-refractivity contribution in [1.29, 1.82) is 0 Å². The number of nitrogens with one attached hydrogen (secondary N) is 2. The summed E-state index contributed by atoms with van der Waals surface area (Å²) in [6, 6.07) is 16.6. The zero-order chi connectivity index (χ0) is 20.2. The van der Waals surface area contributed by atoms with Crippen LogP contribution in [0.1, 0.15) is 16.1 Å². The van der Waals surface area contributed by atoms with Crippen LogP contribution in [0.2, 0.25) is 5.02 Å². The second-order valence-corrected chi connectivity index (χ2v) is 6.68. The summed E-state index contributed by atoms with van der Waals surface area (Å²) in [6.07, 6.45) is 1.55. The van der Waals surface area contributed by atoms with Crippen molar-refractivity contribution < 1.29 is 9.53 Å². The van der Waals surface area contributed by atoms with Gasteiger partial charge in [0.15, 0.2) is 0 Å². The van der Waals surface area contributed by atoms with Gasteiger partial charge in [-0.25, -0.2) is 9.67 Å². The lowest BCUT2D eigenvalue weighted by Gasteiger charge is -2.01. The van der Waals surface area contributed by atoms with E-state index >= 15 is 0 Å². The molecule has 9 heteroatoms. The number of anilines is 1. The van der Waals surface area contributed by atoms with E-state index in [2.05, 4.69) is 25.6 Å². The van der Waals surface area contributed by atoms with E-state index in [0.29, 0.717) is 23.0 Å². The van der Waals surface area contributed by atoms with E-state index in [4.69, 9.17) is 16.3 Å². The van der Waals surface area contributed by atoms with Crippen LogP contribution in [0.5, 0.6) is 5.75 Å². The summed E-state index contributed by atoms with van der Waals surface area (Å²) in [5.74, 6) is 0.581. The molecule has 0 atom stereocenters. The molecular weight excluding hydrogens is 392 g/mol. The number of hydrogen-bond donors (Lipinski definition) is 2. The Kier molecular flexibility index (Phi) is 5.26. The Bertz CT molecular complexity index is 1140. The van der Waals surface area contributed by atoms with Crippen molar-refractivity contribution in [3.8, 4) is 17.0 Å². The first kappa shape index (κ1) is 18.7. The Morgan fingerprint density at radius 3 is 2.79 bits per heavy atom. The molecule has 146 valence electrons. The van der Waals surface area contributed by atoms with E-state index in [1.165, 1.54) is 0 Å². The molecule has 0 aliphatic carbocycles. The predicted octanol–water partition coefficient (Wildman–Crippen LogP) is 3.63. The van der Waals surface area contributed by atoms with Gasteiger partial charge in [0, 0.05) is 10.6 Å². The summed E-state index contributed by atoms with van der Waals surface area (Å²) in [7, 11) is 1.61. The molecule has 29 heavy (non-hydrogen) atoms. The summed E-state index contributed by atoms with van der Waals surface area (Å²) in [5, 5.41) is 14.5. The van der Waals surface area contributed by atoms with Gasteiger partial charge in [-0.05, 0) is 48.0 Å². The largest absolute Gasteiger partial charge is 0.497 e. The van der Waals surface area contributed by atoms with Gasteiger partial charge in [-0.3, -0.25) is 15.2 Å². The molecule has 1 amide bonds. The Balaban J connectivity index is 1.42. The summed E-state index contributed by atoms with van der Waals surface area (Å²) in [4.78, 5) is 16.6. The fourth-order valence-electron chi connectivity index (χ4n) is 2.77. The minimum Gasteiger partial charge on any atom is -0.497 e. The lowest BCUT2D eigenvalue weighted by Crippen LogP contribution is -2.14. The zero-order valence-electron chi connectivity index (χ0n) is 15.5. The molecule has 0 saturated carbocycles. The van der Waals surface area contributed by atoms with Crippen molar-refractivity contribution >= 4 is 23.5 Å². The number of carbonyl (C=O) groups excluding carboxylic acids is 1. The van der Waals surface area contributed by atoms with Crippen LogP contribution in [0.3, 0.4) is 0 Å². The number of aromatic nitrogens is 5. The van der Waals surface area contributed by atoms with Gasteiger partial charge in [0.1, 0.15) is 17.8 Å². The molecule has 0 spiro atoms. The highest BCUT2D eigenvalue weighted by Gasteiger charge is 2.13. The average molecular weight is 409 g/mol. The van der Waals surface area contributed by atoms with Gasteiger partial charge in [0.05, 0.1) is 19.3 Å². The first-order chi connectivity index (χ1) is 14.1. The van der Waals surface area contributed by atoms with Gasteiger partial charge < -0.3 is 4.74 Å². The Labute approximate surface area is 171 Å². The SMILES string of the molecule is COc1ccc(-c2cc(C(=O)Nc3ncn(Cc4cccc(Cl)c4)n3)[nH]n2)cc1. The monoisotopic (exact) mass is 408 g/mol. The van der Waals surface area contributed by atoms with Crippen molar-refractivity contribution in [3.63, 3.8) is 0 Å². The fourth-order valence-corrected chi connectivity index (χ4v) is 2.98. The molecule has 2 N–H and O–H groups in total. The number of hydrogen-bond acceptors (Lipinski definition) is 5. The van der Waals surface area contributed by atoms with Crippen LogP contribution in [0.4, 0.5) is 5.95 Å². The number of ether oxygens (including phenoxy) is 1. The number of rotatable bonds is 6. The van der Waals surface area contributed by atoms with Gasteiger partial charge in [0.25, 0.3) is 5.91 Å². The van der Waals surface area contributed by atoms with Gasteiger partial charge >= 0.3 is 0 Å². The number of halogens is 1. The highest BCUT2D eigenvalue weighted by molar-refractivity contribution is 6.30. The number of amides is 1. The number of methoxy groups -OCH3 is 1. The van der Waals surface area contributed by atoms with Crippen molar-refractivity contribution in [2.45, 2.75) is 6.54 Å². The molecule has 2 aromatic heterocycles. The number of aromatic amines is 1. The number of benzene rings is 2. The normalized spacial score (nSPS) is 10.7. The van der Waals surface area contributed by atoms with Crippen molar-refractivity contribution in [2.75, 3.05) is 12.4 Å². The molecule has 2 aromatic carbocycles. The van der Waals surface area contributed by atoms with Gasteiger partial charge in [-0.2, -0.15) is 5.10 Å². The maximum absolute atomic E-state index is 12.5. The molecule has 0 radical (unpaired) electrons. The van der Waals surface area contributed by atoms with Gasteiger partial charge in [0.2, 0.25) is 5.95 Å². The third kappa shape index (κ3) is 4.44. The molecule has 0 fully saturated rings. The summed E-state index contributed by atoms with van der Waals surface area (Å²) < 4.78 is 6.77. The molecule has 4 aromatic rings. The maximum atomic E-state index is 12.5. The van der Waals surface area contributed by atoms with Crippen LogP contribution in [0, 0.1) is 0 Å². The number of carbonyl (C=O) groups is 1. The van der Waals surface area contributed by atoms with Gasteiger partial charge in [-0.1, -0.05) is 23.7 Å². The van der Waals surface area contributed by atoms with E-state index < -0.39 is 0 Å². The Hall–Kier alpha value is -3.65. The van der Waals surface area contributed by atoms with Crippen molar-refractivity contribution in [3.05, 3.63) is 77.2 Å². The minimum absolute atomic E-state index is 0.206. The molecule has 0 unspecified atom stereocenters. The van der Waals surface area contributed by atoms with Gasteiger partial charge in [-0.15, -0.1) is 5.10 Å². The van der Waals surface area contributed by atoms with E-state index in [1.54, 1.807) is 24.2 Å². The first-order valence-electron chi connectivity index (χ1n) is 8.76. The lowest BCUT2D eigenvalue weighted by atomic mass is 10.1. The van der Waals surface area contributed by atoms with Crippen LogP contribution < -0.4 is 10.1 Å². The topological polar surface area (TPSA) is 97.7 Å². The summed E-state index contributed by atoms with van der Waals surface area (Å²) in [6.45, 7) is 0.495. The summed E-state index contributed by atoms with van der Waals surface area (Å²) in [5.41, 5.74) is 2.81. The molecule has 0 aliphatic heterocycles. The lowest BCUT2D eigenvalue weighted by molar-refractivity contribution is 0.102. The highest BCUT2D eigenvalue weighted by atomic mass is 35.5. The smallest absolute Gasteiger partial charge is 0.276 e. The van der Waals surface area contributed by atoms with E-state index in [1.807, 2.05) is 48.5 Å². The second-order valence-electron chi connectivity index (χ2n) is 6.25. The highest BCUT2D eigenvalue weighted by Crippen LogP contribution is 2.21. The predicted molar refractivity (Wildman–Crippen MR) is 109 cm³/mol. The molecule has 0 saturated heterocycles. The third-order valence-electron chi connectivity index (χ3n) is 4.20. The van der Waals surface area contributed by atoms with Crippen LogP contribution in [0.25, 0.3) is 11.3 Å². The van der Waals surface area contributed by atoms with Crippen molar-refractivity contribution in [2.24, 2.45) is 0 Å². The van der Waals surface area contributed by atoms with E-state index in [0.717, 1.165) is 16.9 Å². The maximum Gasteiger partial charge on any atom is 0.276 e. The molecule has 0 bridgehead atoms. The molecule has 8 nitrogen and oxygen atoms in total. The third-order valence-corrected chi connectivity index (χ3v) is 4.44. The first-order valence-corrected chi connectivity index (χ1v) is 9.13. The number of H-pyrrole nitrogens is 1. The minimum atomic E-state index is -0.377. The standard InChI is InChI=1S/C20H17ClN6O2/c1-29-16-7-5-14(6-8-16)17-10-18(25-24-17)19(28)23-20-22-12-27(26-20)11-13-3-2-4-15(21)9-13/h2-10,12H,11H2,1H3,(H,24,25)(H,23,26,28). The zero-order valence-corrected chi connectivity index (χ0v) is 16.2. The fraction of sp³-hybridized carbons (Fsp3) is 0.100. The summed E-state index contributed by atoms with van der Waals surface area (Å²) >= 11 is 6.00. The second kappa shape index (κ2) is 8.15. The quantitative estimate of drug-likeness (QED) is 0.507. The van der Waals surface area contributed by atoms with Crippen LogP contribution >= 0.6 is 11.6 Å². The van der Waals surface area contributed by atoms with Crippen molar-refractivity contribution in [1.82, 2.24) is 25.0 Å². The number of nitrogens with zero attached hydrogens (tertiary/aromatic N) is 4.